The largest absolute Gasteiger partial charge is 0.510 e. The van der Waals surface area contributed by atoms with E-state index in [0.29, 0.717) is 29.0 Å². The van der Waals surface area contributed by atoms with Gasteiger partial charge in [-0.25, -0.2) is 15.0 Å². The van der Waals surface area contributed by atoms with Gasteiger partial charge in [-0.15, -0.1) is 0 Å². The highest BCUT2D eigenvalue weighted by Gasteiger charge is 2.49. The van der Waals surface area contributed by atoms with Crippen molar-refractivity contribution in [2.75, 3.05) is 7.11 Å². The van der Waals surface area contributed by atoms with Crippen molar-refractivity contribution in [2.24, 2.45) is 32.7 Å². The molecule has 2 radical (unpaired) electrons. The second-order valence-electron chi connectivity index (χ2n) is 11.9. The monoisotopic (exact) mass is 586 g/mol. The van der Waals surface area contributed by atoms with Crippen molar-refractivity contribution >= 4 is 36.6 Å². The van der Waals surface area contributed by atoms with Gasteiger partial charge < -0.3 is 20.0 Å². The van der Waals surface area contributed by atoms with Gasteiger partial charge in [0.05, 0.1) is 47.0 Å². The molecule has 0 aromatic heterocycles. The minimum absolute atomic E-state index is 0.0805. The van der Waals surface area contributed by atoms with Crippen LogP contribution < -0.4 is 5.32 Å². The standard InChI is InChI=1S/C35H35BN4O4/c1-8-19-15(3)22-12-24-17(5)21(10-11-28(36)41)32(39-24)30-31(35(43)44-7)34(42)29-18(6)25(40-33(29)30)14-27-20(9-2)16(4)23(38-27)13-26(19)37-22/h8,12-14,17,21,31,39,42H,1,9-11H2,2-7H3. The molecule has 2 N–H and O–H groups in total. The highest BCUT2D eigenvalue weighted by Crippen LogP contribution is 2.49. The highest BCUT2D eigenvalue weighted by atomic mass is 16.5. The number of carbonyl (C=O) groups is 2. The molecule has 0 aromatic carbocycles. The molecule has 222 valence electrons. The van der Waals surface area contributed by atoms with Crippen molar-refractivity contribution < 1.29 is 19.4 Å². The van der Waals surface area contributed by atoms with Crippen molar-refractivity contribution in [3.63, 3.8) is 0 Å². The summed E-state index contributed by atoms with van der Waals surface area (Å²) < 4.78 is 5.19. The molecule has 9 heteroatoms. The van der Waals surface area contributed by atoms with Gasteiger partial charge in [-0.3, -0.25) is 4.79 Å². The van der Waals surface area contributed by atoms with E-state index in [1.54, 1.807) is 0 Å². The van der Waals surface area contributed by atoms with E-state index in [4.69, 9.17) is 27.6 Å². The number of esters is 1. The van der Waals surface area contributed by atoms with Crippen LogP contribution in [-0.2, 0) is 14.3 Å². The third kappa shape index (κ3) is 4.40. The maximum atomic E-state index is 13.3. The lowest BCUT2D eigenvalue weighted by atomic mass is 9.82. The number of hydrogen-bond donors (Lipinski definition) is 2. The Bertz CT molecular complexity index is 1820. The number of nitrogens with one attached hydrogen (secondary N) is 1. The van der Waals surface area contributed by atoms with E-state index in [1.807, 2.05) is 38.2 Å². The third-order valence-corrected chi connectivity index (χ3v) is 9.56. The molecule has 0 amide bonds. The predicted octanol–water partition coefficient (Wildman–Crippen LogP) is 5.72. The molecule has 1 fully saturated rings. The fourth-order valence-electron chi connectivity index (χ4n) is 7.07. The number of fused-ring (bicyclic) bond motifs is 5. The van der Waals surface area contributed by atoms with Crippen molar-refractivity contribution in [2.45, 2.75) is 53.9 Å². The summed E-state index contributed by atoms with van der Waals surface area (Å²) in [5, 5.41) is 15.2. The van der Waals surface area contributed by atoms with E-state index in [2.05, 4.69) is 32.7 Å². The van der Waals surface area contributed by atoms with Gasteiger partial charge in [0, 0.05) is 39.9 Å². The number of rotatable bonds is 6. The number of carbonyl (C=O) groups excluding carboxylic acids is 2. The summed E-state index contributed by atoms with van der Waals surface area (Å²) >= 11 is 0. The zero-order valence-electron chi connectivity index (χ0n) is 26.0. The van der Waals surface area contributed by atoms with Gasteiger partial charge in [0.15, 0.2) is 7.85 Å². The number of aliphatic hydroxyl groups excluding tert-OH is 1. The highest BCUT2D eigenvalue weighted by molar-refractivity contribution is 6.57. The van der Waals surface area contributed by atoms with Crippen LogP contribution in [0.1, 0.15) is 53.9 Å². The van der Waals surface area contributed by atoms with Crippen molar-refractivity contribution in [3.8, 4) is 0 Å². The molecular weight excluding hydrogens is 551 g/mol. The second kappa shape index (κ2) is 10.9. The molecule has 8 nitrogen and oxygen atoms in total. The van der Waals surface area contributed by atoms with Crippen LogP contribution in [0.25, 0.3) is 0 Å². The predicted molar refractivity (Wildman–Crippen MR) is 173 cm³/mol. The van der Waals surface area contributed by atoms with Gasteiger partial charge >= 0.3 is 5.97 Å². The summed E-state index contributed by atoms with van der Waals surface area (Å²) in [4.78, 5) is 40.3. The van der Waals surface area contributed by atoms with Crippen LogP contribution in [0.3, 0.4) is 0 Å². The Morgan fingerprint density at radius 3 is 2.43 bits per heavy atom. The van der Waals surface area contributed by atoms with E-state index in [9.17, 15) is 14.7 Å². The lowest BCUT2D eigenvalue weighted by molar-refractivity contribution is -0.143. The van der Waals surface area contributed by atoms with Crippen LogP contribution in [0.2, 0.25) is 0 Å². The van der Waals surface area contributed by atoms with Gasteiger partial charge in [0.25, 0.3) is 0 Å². The van der Waals surface area contributed by atoms with E-state index in [-0.39, 0.29) is 24.0 Å². The Hall–Kier alpha value is -4.53. The maximum Gasteiger partial charge on any atom is 0.321 e. The normalized spacial score (nSPS) is 25.6. The molecule has 1 saturated heterocycles. The zero-order chi connectivity index (χ0) is 31.6. The number of aliphatic hydroxyl groups is 1. The van der Waals surface area contributed by atoms with E-state index in [0.717, 1.165) is 68.5 Å². The number of aliphatic imine (C=N–C) groups is 3. The summed E-state index contributed by atoms with van der Waals surface area (Å²) in [5.74, 6) is -2.02. The number of nitrogens with zero attached hydrogens (tertiary/aromatic N) is 3. The van der Waals surface area contributed by atoms with Crippen LogP contribution in [0.15, 0.2) is 119 Å². The minimum atomic E-state index is -1.06. The van der Waals surface area contributed by atoms with Gasteiger partial charge in [-0.2, -0.15) is 0 Å². The van der Waals surface area contributed by atoms with Crippen molar-refractivity contribution in [3.05, 3.63) is 104 Å². The van der Waals surface area contributed by atoms with E-state index in [1.165, 1.54) is 7.11 Å². The Labute approximate surface area is 259 Å². The first kappa shape index (κ1) is 29.5. The number of allylic oxidation sites excluding steroid dienone is 11. The Morgan fingerprint density at radius 1 is 1.07 bits per heavy atom. The van der Waals surface area contributed by atoms with Gasteiger partial charge in [0.1, 0.15) is 11.7 Å². The van der Waals surface area contributed by atoms with Crippen molar-refractivity contribution in [1.82, 2.24) is 5.32 Å². The quantitative estimate of drug-likeness (QED) is 0.306. The van der Waals surface area contributed by atoms with Crippen LogP contribution in [0.5, 0.6) is 0 Å². The molecule has 5 aliphatic heterocycles. The average molecular weight is 587 g/mol. The van der Waals surface area contributed by atoms with Crippen LogP contribution in [-0.4, -0.2) is 48.8 Å². The van der Waals surface area contributed by atoms with Crippen LogP contribution in [0, 0.1) is 17.8 Å². The van der Waals surface area contributed by atoms with E-state index < -0.39 is 17.6 Å². The number of ether oxygens (including phenoxy) is 1. The molecule has 1 aliphatic carbocycles. The molecule has 5 heterocycles. The smallest absolute Gasteiger partial charge is 0.321 e. The zero-order valence-corrected chi connectivity index (χ0v) is 26.0. The first-order valence-electron chi connectivity index (χ1n) is 15.0. The lowest BCUT2D eigenvalue weighted by Gasteiger charge is -2.20. The summed E-state index contributed by atoms with van der Waals surface area (Å²) in [5.41, 5.74) is 11.5. The fourth-order valence-corrected chi connectivity index (χ4v) is 7.07. The number of methoxy groups -OCH3 is 1. The summed E-state index contributed by atoms with van der Waals surface area (Å²) in [6.07, 6.45) is 9.20. The Balaban J connectivity index is 1.67. The topological polar surface area (TPSA) is 113 Å². The van der Waals surface area contributed by atoms with Gasteiger partial charge in [0.2, 0.25) is 0 Å². The molecule has 44 heavy (non-hydrogen) atoms. The second-order valence-corrected chi connectivity index (χ2v) is 11.9. The molecule has 0 saturated carbocycles. The molecule has 0 aromatic rings. The lowest BCUT2D eigenvalue weighted by Crippen LogP contribution is -2.25. The average Bonchev–Trinajstić information content (AvgIpc) is 3.72. The summed E-state index contributed by atoms with van der Waals surface area (Å²) in [6, 6.07) is 0. The van der Waals surface area contributed by atoms with Gasteiger partial charge in [-0.1, -0.05) is 26.5 Å². The fraction of sp³-hybridized carbons (Fsp3) is 0.343. The van der Waals surface area contributed by atoms with Gasteiger partial charge in [-0.05, 0) is 80.6 Å². The summed E-state index contributed by atoms with van der Waals surface area (Å²) in [7, 11) is 6.91. The molecule has 6 rings (SSSR count). The molecule has 3 unspecified atom stereocenters. The molecule has 6 aliphatic rings. The van der Waals surface area contributed by atoms with Crippen molar-refractivity contribution in [1.29, 1.82) is 0 Å². The third-order valence-electron chi connectivity index (χ3n) is 9.56. The van der Waals surface area contributed by atoms with Crippen LogP contribution >= 0.6 is 0 Å². The minimum Gasteiger partial charge on any atom is -0.510 e. The van der Waals surface area contributed by atoms with Crippen LogP contribution in [0.4, 0.5) is 0 Å². The molecular formula is C35H35BN4O4. The van der Waals surface area contributed by atoms with E-state index >= 15 is 0 Å². The maximum absolute atomic E-state index is 13.3. The Morgan fingerprint density at radius 2 is 1.77 bits per heavy atom. The molecule has 3 atom stereocenters. The summed E-state index contributed by atoms with van der Waals surface area (Å²) in [6.45, 7) is 14.2. The SMILES string of the molecule is [B]C(=O)CCC1C2=C3C4=NC(=C(C)C4=C(O)C3C(=O)OC)C=C3N=C(C=C4N=C(C=C(N2)C1C)C(C)=C4C=C)C(C)=C3CC. The first-order valence-corrected chi connectivity index (χ1v) is 15.0. The Kier molecular flexibility index (Phi) is 7.30. The first-order chi connectivity index (χ1) is 21.0. The molecule has 8 bridgehead atoms. The number of hydrogen-bond acceptors (Lipinski definition) is 8. The molecule has 0 spiro atoms.